The highest BCUT2D eigenvalue weighted by molar-refractivity contribution is 7.77. The molecule has 0 aromatic carbocycles. The first-order valence-electron chi connectivity index (χ1n) is 4.45. The molecule has 4 heteroatoms. The molecule has 3 nitrogen and oxygen atoms in total. The zero-order valence-electron chi connectivity index (χ0n) is 7.42. The maximum Gasteiger partial charge on any atom is 0.223 e. The summed E-state index contributed by atoms with van der Waals surface area (Å²) in [7, 11) is 0. The monoisotopic (exact) mass is 188 g/mol. The van der Waals surface area contributed by atoms with Gasteiger partial charge in [0, 0.05) is 25.6 Å². The van der Waals surface area contributed by atoms with Crippen molar-refractivity contribution in [1.82, 2.24) is 9.62 Å². The van der Waals surface area contributed by atoms with Crippen LogP contribution in [0.25, 0.3) is 0 Å². The van der Waals surface area contributed by atoms with E-state index >= 15 is 0 Å². The molecule has 0 saturated carbocycles. The van der Waals surface area contributed by atoms with Gasteiger partial charge in [0.2, 0.25) is 5.91 Å². The van der Waals surface area contributed by atoms with E-state index in [0.717, 1.165) is 32.5 Å². The standard InChI is InChI=1S/C8H16N2OS/c1-2-9-8(11)7-3-5-10(12)6-4-7/h7,12H,2-6H2,1H3,(H,9,11). The summed E-state index contributed by atoms with van der Waals surface area (Å²) in [6.07, 6.45) is 1.88. The number of piperidine rings is 1. The molecule has 0 aromatic heterocycles. The fourth-order valence-corrected chi connectivity index (χ4v) is 1.68. The zero-order valence-corrected chi connectivity index (χ0v) is 8.31. The second-order valence-electron chi connectivity index (χ2n) is 3.12. The summed E-state index contributed by atoms with van der Waals surface area (Å²) in [5.41, 5.74) is 0. The second-order valence-corrected chi connectivity index (χ2v) is 3.69. The lowest BCUT2D eigenvalue weighted by molar-refractivity contribution is -0.125. The van der Waals surface area contributed by atoms with Crippen molar-refractivity contribution in [2.24, 2.45) is 5.92 Å². The Balaban J connectivity index is 2.29. The third-order valence-electron chi connectivity index (χ3n) is 2.19. The minimum absolute atomic E-state index is 0.207. The average Bonchev–Trinajstić information content (AvgIpc) is 2.06. The molecule has 0 spiro atoms. The fraction of sp³-hybridized carbons (Fsp3) is 0.875. The Hall–Kier alpha value is -0.220. The Labute approximate surface area is 79.0 Å². The number of hydrogen-bond acceptors (Lipinski definition) is 3. The smallest absolute Gasteiger partial charge is 0.223 e. The van der Waals surface area contributed by atoms with Gasteiger partial charge in [-0.2, -0.15) is 0 Å². The first-order valence-corrected chi connectivity index (χ1v) is 4.85. The normalized spacial score (nSPS) is 20.8. The SMILES string of the molecule is CCNC(=O)C1CCN(S)CC1. The molecule has 1 fully saturated rings. The highest BCUT2D eigenvalue weighted by Crippen LogP contribution is 2.17. The molecule has 0 bridgehead atoms. The van der Waals surface area contributed by atoms with Gasteiger partial charge in [-0.05, 0) is 19.8 Å². The lowest BCUT2D eigenvalue weighted by Crippen LogP contribution is -2.37. The molecule has 12 heavy (non-hydrogen) atoms. The molecule has 1 N–H and O–H groups in total. The zero-order chi connectivity index (χ0) is 8.97. The van der Waals surface area contributed by atoms with Crippen molar-refractivity contribution in [2.45, 2.75) is 19.8 Å². The predicted octanol–water partition coefficient (Wildman–Crippen LogP) is 0.679. The molecule has 1 heterocycles. The van der Waals surface area contributed by atoms with Gasteiger partial charge in [0.15, 0.2) is 0 Å². The molecular formula is C8H16N2OS. The van der Waals surface area contributed by atoms with Crippen LogP contribution < -0.4 is 5.32 Å². The highest BCUT2D eigenvalue weighted by atomic mass is 32.1. The summed E-state index contributed by atoms with van der Waals surface area (Å²) in [6.45, 7) is 4.53. The summed E-state index contributed by atoms with van der Waals surface area (Å²) >= 11 is 4.22. The van der Waals surface area contributed by atoms with Crippen LogP contribution in [0.5, 0.6) is 0 Å². The molecule has 1 aliphatic rings. The Morgan fingerprint density at radius 1 is 1.58 bits per heavy atom. The topological polar surface area (TPSA) is 32.3 Å². The van der Waals surface area contributed by atoms with Gasteiger partial charge in [0.1, 0.15) is 0 Å². The molecular weight excluding hydrogens is 172 g/mol. The quantitative estimate of drug-likeness (QED) is 0.625. The van der Waals surface area contributed by atoms with Crippen molar-refractivity contribution < 1.29 is 4.79 Å². The van der Waals surface area contributed by atoms with Crippen LogP contribution in [0.1, 0.15) is 19.8 Å². The van der Waals surface area contributed by atoms with E-state index in [1.54, 1.807) is 0 Å². The first kappa shape index (κ1) is 9.86. The Morgan fingerprint density at radius 2 is 2.17 bits per heavy atom. The molecule has 1 amide bonds. The van der Waals surface area contributed by atoms with Crippen LogP contribution in [0, 0.1) is 5.92 Å². The van der Waals surface area contributed by atoms with Crippen molar-refractivity contribution >= 4 is 18.7 Å². The van der Waals surface area contributed by atoms with E-state index < -0.39 is 0 Å². The summed E-state index contributed by atoms with van der Waals surface area (Å²) in [6, 6.07) is 0. The number of amides is 1. The summed E-state index contributed by atoms with van der Waals surface area (Å²) in [5, 5.41) is 2.85. The lowest BCUT2D eigenvalue weighted by atomic mass is 9.97. The van der Waals surface area contributed by atoms with Crippen molar-refractivity contribution in [3.8, 4) is 0 Å². The van der Waals surface area contributed by atoms with Crippen LogP contribution in [0.3, 0.4) is 0 Å². The number of carbonyl (C=O) groups excluding carboxylic acids is 1. The van der Waals surface area contributed by atoms with Gasteiger partial charge in [-0.25, -0.2) is 0 Å². The van der Waals surface area contributed by atoms with E-state index in [9.17, 15) is 4.79 Å². The van der Waals surface area contributed by atoms with Crippen LogP contribution in [-0.4, -0.2) is 29.8 Å². The Kier molecular flexibility index (Phi) is 3.88. The summed E-state index contributed by atoms with van der Waals surface area (Å²) < 4.78 is 1.97. The van der Waals surface area contributed by atoms with E-state index in [-0.39, 0.29) is 11.8 Å². The van der Waals surface area contributed by atoms with Crippen molar-refractivity contribution in [3.63, 3.8) is 0 Å². The van der Waals surface area contributed by atoms with E-state index in [4.69, 9.17) is 0 Å². The third kappa shape index (κ3) is 2.68. The maximum absolute atomic E-state index is 11.4. The molecule has 70 valence electrons. The Morgan fingerprint density at radius 3 is 2.67 bits per heavy atom. The van der Waals surface area contributed by atoms with Crippen LogP contribution in [0.4, 0.5) is 0 Å². The third-order valence-corrected chi connectivity index (χ3v) is 2.59. The minimum atomic E-state index is 0.207. The van der Waals surface area contributed by atoms with Crippen LogP contribution in [0.15, 0.2) is 0 Å². The molecule has 1 aliphatic heterocycles. The van der Waals surface area contributed by atoms with Gasteiger partial charge >= 0.3 is 0 Å². The van der Waals surface area contributed by atoms with Gasteiger partial charge in [0.05, 0.1) is 0 Å². The minimum Gasteiger partial charge on any atom is -0.356 e. The van der Waals surface area contributed by atoms with Gasteiger partial charge in [0.25, 0.3) is 0 Å². The van der Waals surface area contributed by atoms with Crippen LogP contribution >= 0.6 is 12.8 Å². The van der Waals surface area contributed by atoms with Crippen molar-refractivity contribution in [2.75, 3.05) is 19.6 Å². The predicted molar refractivity (Wildman–Crippen MR) is 52.0 cm³/mol. The van der Waals surface area contributed by atoms with E-state index in [1.165, 1.54) is 0 Å². The molecule has 0 radical (unpaired) electrons. The molecule has 0 aliphatic carbocycles. The van der Waals surface area contributed by atoms with E-state index in [1.807, 2.05) is 11.2 Å². The molecule has 1 saturated heterocycles. The number of rotatable bonds is 2. The lowest BCUT2D eigenvalue weighted by Gasteiger charge is -2.26. The molecule has 0 aromatic rings. The highest BCUT2D eigenvalue weighted by Gasteiger charge is 2.22. The van der Waals surface area contributed by atoms with Gasteiger partial charge in [-0.3, -0.25) is 9.10 Å². The molecule has 1 rings (SSSR count). The summed E-state index contributed by atoms with van der Waals surface area (Å²) in [4.78, 5) is 11.4. The molecule has 0 atom stereocenters. The molecule has 0 unspecified atom stereocenters. The van der Waals surface area contributed by atoms with E-state index in [2.05, 4.69) is 18.1 Å². The number of nitrogens with zero attached hydrogens (tertiary/aromatic N) is 1. The van der Waals surface area contributed by atoms with Gasteiger partial charge < -0.3 is 5.32 Å². The first-order chi connectivity index (χ1) is 5.74. The largest absolute Gasteiger partial charge is 0.356 e. The van der Waals surface area contributed by atoms with Crippen LogP contribution in [0.2, 0.25) is 0 Å². The van der Waals surface area contributed by atoms with E-state index in [0.29, 0.717) is 0 Å². The number of carbonyl (C=O) groups is 1. The summed E-state index contributed by atoms with van der Waals surface area (Å²) in [5.74, 6) is 0.423. The average molecular weight is 188 g/mol. The van der Waals surface area contributed by atoms with Gasteiger partial charge in [-0.15, -0.1) is 0 Å². The number of thiol groups is 1. The van der Waals surface area contributed by atoms with Crippen molar-refractivity contribution in [1.29, 1.82) is 0 Å². The van der Waals surface area contributed by atoms with Crippen LogP contribution in [-0.2, 0) is 4.79 Å². The number of nitrogens with one attached hydrogen (secondary N) is 1. The van der Waals surface area contributed by atoms with Crippen molar-refractivity contribution in [3.05, 3.63) is 0 Å². The Bertz CT molecular complexity index is 155. The second kappa shape index (κ2) is 4.72. The van der Waals surface area contributed by atoms with Gasteiger partial charge in [-0.1, -0.05) is 12.8 Å². The fourth-order valence-electron chi connectivity index (χ4n) is 1.45. The number of hydrogen-bond donors (Lipinski definition) is 2. The maximum atomic E-state index is 11.4.